The molecule has 0 bridgehead atoms. The molecule has 1 aliphatic carbocycles. The SMILES string of the molecule is Cc1c(C(=O)NC2CC2)oc2ccc(S(=O)(=O)N(CCN(C)C)Cc3ccccc3)cc12. The van der Waals surface area contributed by atoms with Crippen LogP contribution in [0.1, 0.15) is 34.5 Å². The van der Waals surface area contributed by atoms with Crippen molar-refractivity contribution in [3.63, 3.8) is 0 Å². The molecule has 1 amide bonds. The minimum Gasteiger partial charge on any atom is -0.451 e. The first-order valence-electron chi connectivity index (χ1n) is 10.8. The van der Waals surface area contributed by atoms with Crippen LogP contribution in [-0.2, 0) is 16.6 Å². The van der Waals surface area contributed by atoms with E-state index >= 15 is 0 Å². The third kappa shape index (κ3) is 4.87. The van der Waals surface area contributed by atoms with Gasteiger partial charge in [0, 0.05) is 36.6 Å². The number of furan rings is 1. The number of amides is 1. The Morgan fingerprint density at radius 3 is 2.47 bits per heavy atom. The first-order chi connectivity index (χ1) is 15.3. The van der Waals surface area contributed by atoms with Gasteiger partial charge in [0.1, 0.15) is 5.58 Å². The molecule has 32 heavy (non-hydrogen) atoms. The van der Waals surface area contributed by atoms with Gasteiger partial charge < -0.3 is 14.6 Å². The summed E-state index contributed by atoms with van der Waals surface area (Å²) in [5.41, 5.74) is 2.08. The molecule has 0 unspecified atom stereocenters. The van der Waals surface area contributed by atoms with Crippen molar-refractivity contribution in [1.29, 1.82) is 0 Å². The zero-order valence-corrected chi connectivity index (χ0v) is 19.5. The third-order valence-corrected chi connectivity index (χ3v) is 7.50. The van der Waals surface area contributed by atoms with Crippen molar-refractivity contribution >= 4 is 26.9 Å². The van der Waals surface area contributed by atoms with E-state index in [0.29, 0.717) is 29.6 Å². The van der Waals surface area contributed by atoms with E-state index in [-0.39, 0.29) is 29.1 Å². The first kappa shape index (κ1) is 22.5. The van der Waals surface area contributed by atoms with Crippen LogP contribution in [0.4, 0.5) is 0 Å². The van der Waals surface area contributed by atoms with Crippen LogP contribution in [0.25, 0.3) is 11.0 Å². The minimum absolute atomic E-state index is 0.192. The lowest BCUT2D eigenvalue weighted by molar-refractivity contribution is 0.0924. The van der Waals surface area contributed by atoms with E-state index in [1.807, 2.05) is 49.3 Å². The fourth-order valence-corrected chi connectivity index (χ4v) is 5.03. The van der Waals surface area contributed by atoms with Crippen molar-refractivity contribution < 1.29 is 17.6 Å². The standard InChI is InChI=1S/C24H29N3O4S/c1-17-21-15-20(11-12-22(21)31-23(17)24(28)25-19-9-10-19)32(29,30)27(14-13-26(2)3)16-18-7-5-4-6-8-18/h4-8,11-12,15,19H,9-10,13-14,16H2,1-3H3,(H,25,28). The van der Waals surface area contributed by atoms with Crippen molar-refractivity contribution in [3.8, 4) is 0 Å². The van der Waals surface area contributed by atoms with Gasteiger partial charge >= 0.3 is 0 Å². The molecule has 170 valence electrons. The number of benzene rings is 2. The number of carbonyl (C=O) groups is 1. The van der Waals surface area contributed by atoms with Gasteiger partial charge in [-0.15, -0.1) is 0 Å². The minimum atomic E-state index is -3.76. The molecular weight excluding hydrogens is 426 g/mol. The quantitative estimate of drug-likeness (QED) is 0.535. The molecule has 1 aromatic heterocycles. The summed E-state index contributed by atoms with van der Waals surface area (Å²) in [6.45, 7) is 3.04. The second kappa shape index (κ2) is 9.05. The van der Waals surface area contributed by atoms with Crippen molar-refractivity contribution in [1.82, 2.24) is 14.5 Å². The van der Waals surface area contributed by atoms with Crippen molar-refractivity contribution in [2.75, 3.05) is 27.2 Å². The van der Waals surface area contributed by atoms with Crippen LogP contribution in [0.2, 0.25) is 0 Å². The molecule has 0 atom stereocenters. The highest BCUT2D eigenvalue weighted by Gasteiger charge is 2.29. The van der Waals surface area contributed by atoms with Crippen LogP contribution in [0.5, 0.6) is 0 Å². The zero-order chi connectivity index (χ0) is 22.9. The van der Waals surface area contributed by atoms with Crippen LogP contribution >= 0.6 is 0 Å². The molecule has 1 saturated carbocycles. The fraction of sp³-hybridized carbons (Fsp3) is 0.375. The van der Waals surface area contributed by atoms with E-state index in [1.54, 1.807) is 25.1 Å². The molecule has 1 heterocycles. The number of sulfonamides is 1. The third-order valence-electron chi connectivity index (χ3n) is 5.66. The van der Waals surface area contributed by atoms with Gasteiger partial charge in [0.15, 0.2) is 5.76 Å². The van der Waals surface area contributed by atoms with Gasteiger partial charge in [-0.3, -0.25) is 4.79 Å². The molecule has 1 fully saturated rings. The monoisotopic (exact) mass is 455 g/mol. The maximum absolute atomic E-state index is 13.6. The molecule has 0 radical (unpaired) electrons. The van der Waals surface area contributed by atoms with Gasteiger partial charge in [-0.25, -0.2) is 8.42 Å². The van der Waals surface area contributed by atoms with E-state index < -0.39 is 10.0 Å². The lowest BCUT2D eigenvalue weighted by Crippen LogP contribution is -2.36. The Balaban J connectivity index is 1.67. The Kier molecular flexibility index (Phi) is 6.37. The highest BCUT2D eigenvalue weighted by atomic mass is 32.2. The highest BCUT2D eigenvalue weighted by molar-refractivity contribution is 7.89. The number of hydrogen-bond donors (Lipinski definition) is 1. The lowest BCUT2D eigenvalue weighted by atomic mass is 10.1. The summed E-state index contributed by atoms with van der Waals surface area (Å²) < 4.78 is 34.5. The van der Waals surface area contributed by atoms with Crippen molar-refractivity contribution in [3.05, 3.63) is 65.4 Å². The summed E-state index contributed by atoms with van der Waals surface area (Å²) in [5.74, 6) is -0.00232. The predicted octanol–water partition coefficient (Wildman–Crippen LogP) is 3.39. The number of carbonyl (C=O) groups excluding carboxylic acids is 1. The summed E-state index contributed by atoms with van der Waals surface area (Å²) in [6, 6.07) is 14.6. The number of fused-ring (bicyclic) bond motifs is 1. The summed E-state index contributed by atoms with van der Waals surface area (Å²) in [6.07, 6.45) is 1.97. The molecule has 0 aliphatic heterocycles. The Hall–Kier alpha value is -2.68. The molecule has 3 aromatic rings. The highest BCUT2D eigenvalue weighted by Crippen LogP contribution is 2.30. The fourth-order valence-electron chi connectivity index (χ4n) is 3.59. The average Bonchev–Trinajstić information content (AvgIpc) is 3.52. The number of nitrogens with one attached hydrogen (secondary N) is 1. The Morgan fingerprint density at radius 2 is 1.81 bits per heavy atom. The van der Waals surface area contributed by atoms with Gasteiger partial charge in [0.25, 0.3) is 5.91 Å². The normalized spacial score (nSPS) is 14.4. The van der Waals surface area contributed by atoms with Gasteiger partial charge in [-0.2, -0.15) is 4.31 Å². The van der Waals surface area contributed by atoms with E-state index in [0.717, 1.165) is 18.4 Å². The average molecular weight is 456 g/mol. The smallest absolute Gasteiger partial charge is 0.287 e. The van der Waals surface area contributed by atoms with Crippen molar-refractivity contribution in [2.45, 2.75) is 37.2 Å². The lowest BCUT2D eigenvalue weighted by Gasteiger charge is -2.24. The zero-order valence-electron chi connectivity index (χ0n) is 18.7. The maximum Gasteiger partial charge on any atom is 0.287 e. The number of hydrogen-bond acceptors (Lipinski definition) is 5. The second-order valence-corrected chi connectivity index (χ2v) is 10.5. The van der Waals surface area contributed by atoms with Gasteiger partial charge in [-0.1, -0.05) is 30.3 Å². The van der Waals surface area contributed by atoms with E-state index in [1.165, 1.54) is 4.31 Å². The molecule has 0 spiro atoms. The number of aryl methyl sites for hydroxylation is 1. The Bertz CT molecular complexity index is 1210. The predicted molar refractivity (Wildman–Crippen MR) is 124 cm³/mol. The Labute approximate surface area is 189 Å². The van der Waals surface area contributed by atoms with E-state index in [2.05, 4.69) is 5.32 Å². The molecular formula is C24H29N3O4S. The molecule has 0 saturated heterocycles. The van der Waals surface area contributed by atoms with E-state index in [9.17, 15) is 13.2 Å². The maximum atomic E-state index is 13.6. The second-order valence-electron chi connectivity index (χ2n) is 8.59. The molecule has 1 aliphatic rings. The van der Waals surface area contributed by atoms with Crippen LogP contribution in [0.3, 0.4) is 0 Å². The molecule has 8 heteroatoms. The summed E-state index contributed by atoms with van der Waals surface area (Å²) in [4.78, 5) is 14.6. The van der Waals surface area contributed by atoms with Crippen LogP contribution in [-0.4, -0.2) is 56.8 Å². The van der Waals surface area contributed by atoms with Crippen LogP contribution in [0.15, 0.2) is 57.8 Å². The topological polar surface area (TPSA) is 82.9 Å². The summed E-state index contributed by atoms with van der Waals surface area (Å²) in [5, 5.41) is 3.56. The molecule has 1 N–H and O–H groups in total. The number of nitrogens with zero attached hydrogens (tertiary/aromatic N) is 2. The Morgan fingerprint density at radius 1 is 1.09 bits per heavy atom. The molecule has 4 rings (SSSR count). The van der Waals surface area contributed by atoms with Gasteiger partial charge in [0.2, 0.25) is 10.0 Å². The largest absolute Gasteiger partial charge is 0.451 e. The number of rotatable bonds is 9. The summed E-state index contributed by atoms with van der Waals surface area (Å²) >= 11 is 0. The van der Waals surface area contributed by atoms with E-state index in [4.69, 9.17) is 4.42 Å². The van der Waals surface area contributed by atoms with Gasteiger partial charge in [-0.05, 0) is 57.6 Å². The molecule has 7 nitrogen and oxygen atoms in total. The van der Waals surface area contributed by atoms with Crippen molar-refractivity contribution in [2.24, 2.45) is 0 Å². The molecule has 2 aromatic carbocycles. The number of likely N-dealkylation sites (N-methyl/N-ethyl adjacent to an activating group) is 1. The summed E-state index contributed by atoms with van der Waals surface area (Å²) in [7, 11) is 0.0794. The van der Waals surface area contributed by atoms with Crippen LogP contribution in [0, 0.1) is 6.92 Å². The van der Waals surface area contributed by atoms with Gasteiger partial charge in [0.05, 0.1) is 4.90 Å². The van der Waals surface area contributed by atoms with Crippen LogP contribution < -0.4 is 5.32 Å². The first-order valence-corrected chi connectivity index (χ1v) is 12.2.